The summed E-state index contributed by atoms with van der Waals surface area (Å²) in [5.41, 5.74) is 0.184. The van der Waals surface area contributed by atoms with E-state index in [1.54, 1.807) is 54.6 Å². The van der Waals surface area contributed by atoms with Gasteiger partial charge < -0.3 is 14.2 Å². The predicted molar refractivity (Wildman–Crippen MR) is 122 cm³/mol. The number of anilines is 1. The van der Waals surface area contributed by atoms with Gasteiger partial charge in [0.1, 0.15) is 5.75 Å². The highest BCUT2D eigenvalue weighted by molar-refractivity contribution is 7.93. The van der Waals surface area contributed by atoms with Crippen molar-refractivity contribution in [3.63, 3.8) is 0 Å². The minimum Gasteiger partial charge on any atom is -0.494 e. The first-order valence-corrected chi connectivity index (χ1v) is 11.6. The summed E-state index contributed by atoms with van der Waals surface area (Å²) in [5, 5.41) is 0. The van der Waals surface area contributed by atoms with Gasteiger partial charge in [0, 0.05) is 0 Å². The van der Waals surface area contributed by atoms with Crippen molar-refractivity contribution in [2.75, 3.05) is 24.1 Å². The summed E-state index contributed by atoms with van der Waals surface area (Å²) < 4.78 is 44.0. The van der Waals surface area contributed by atoms with Crippen molar-refractivity contribution in [1.29, 1.82) is 0 Å². The molecule has 0 aromatic heterocycles. The zero-order chi connectivity index (χ0) is 23.0. The summed E-state index contributed by atoms with van der Waals surface area (Å²) in [7, 11) is -4.17. The van der Waals surface area contributed by atoms with Crippen LogP contribution in [-0.2, 0) is 14.8 Å². The Kier molecular flexibility index (Phi) is 7.72. The van der Waals surface area contributed by atoms with Gasteiger partial charge in [-0.05, 0) is 62.4 Å². The van der Waals surface area contributed by atoms with Crippen LogP contribution in [0.25, 0.3) is 0 Å². The summed E-state index contributed by atoms with van der Waals surface area (Å²) >= 11 is 0. The average molecular weight is 456 g/mol. The SMILES string of the molecule is CCOc1ccc(N(C(=O)COc2ccccc2OCC)S(=O)(=O)c2ccccc2)cc1. The Bertz CT molecular complexity index is 1130. The van der Waals surface area contributed by atoms with Crippen molar-refractivity contribution in [1.82, 2.24) is 0 Å². The Balaban J connectivity index is 1.92. The fourth-order valence-corrected chi connectivity index (χ4v) is 4.43. The first-order valence-electron chi connectivity index (χ1n) is 10.2. The van der Waals surface area contributed by atoms with Crippen LogP contribution in [0.5, 0.6) is 17.2 Å². The Morgan fingerprint density at radius 3 is 1.91 bits per heavy atom. The van der Waals surface area contributed by atoms with Crippen molar-refractivity contribution < 1.29 is 27.4 Å². The van der Waals surface area contributed by atoms with Crippen molar-refractivity contribution in [3.05, 3.63) is 78.9 Å². The lowest BCUT2D eigenvalue weighted by atomic mass is 10.3. The highest BCUT2D eigenvalue weighted by Crippen LogP contribution is 2.29. The number of carbonyl (C=O) groups is 1. The lowest BCUT2D eigenvalue weighted by molar-refractivity contribution is -0.119. The number of carbonyl (C=O) groups excluding carboxylic acids is 1. The lowest BCUT2D eigenvalue weighted by Gasteiger charge is -2.23. The second kappa shape index (κ2) is 10.7. The van der Waals surface area contributed by atoms with Gasteiger partial charge in [-0.3, -0.25) is 4.79 Å². The third-order valence-electron chi connectivity index (χ3n) is 4.39. The molecule has 0 atom stereocenters. The molecule has 8 heteroatoms. The fraction of sp³-hybridized carbons (Fsp3) is 0.208. The summed E-state index contributed by atoms with van der Waals surface area (Å²) in [6.07, 6.45) is 0. The van der Waals surface area contributed by atoms with E-state index in [0.717, 1.165) is 4.31 Å². The highest BCUT2D eigenvalue weighted by Gasteiger charge is 2.31. The van der Waals surface area contributed by atoms with E-state index in [9.17, 15) is 13.2 Å². The Hall–Kier alpha value is -3.52. The summed E-state index contributed by atoms with van der Waals surface area (Å²) in [6, 6.07) is 21.0. The van der Waals surface area contributed by atoms with Gasteiger partial charge in [-0.25, -0.2) is 8.42 Å². The number of benzene rings is 3. The summed E-state index contributed by atoms with van der Waals surface area (Å²) in [5.74, 6) is 0.653. The van der Waals surface area contributed by atoms with Crippen molar-refractivity contribution in [2.24, 2.45) is 0 Å². The number of sulfonamides is 1. The molecule has 0 saturated heterocycles. The van der Waals surface area contributed by atoms with E-state index >= 15 is 0 Å². The van der Waals surface area contributed by atoms with E-state index in [1.807, 2.05) is 13.8 Å². The number of para-hydroxylation sites is 2. The molecular weight excluding hydrogens is 430 g/mol. The van der Waals surface area contributed by atoms with Gasteiger partial charge in [-0.1, -0.05) is 30.3 Å². The van der Waals surface area contributed by atoms with E-state index < -0.39 is 22.5 Å². The molecule has 3 rings (SSSR count). The molecule has 0 aliphatic rings. The maximum atomic E-state index is 13.4. The van der Waals surface area contributed by atoms with E-state index in [-0.39, 0.29) is 10.6 Å². The molecule has 0 aliphatic carbocycles. The third-order valence-corrected chi connectivity index (χ3v) is 6.15. The average Bonchev–Trinajstić information content (AvgIpc) is 2.81. The number of rotatable bonds is 10. The third kappa shape index (κ3) is 5.39. The minimum absolute atomic E-state index is 0.00282. The van der Waals surface area contributed by atoms with Crippen LogP contribution in [0.4, 0.5) is 5.69 Å². The number of hydrogen-bond acceptors (Lipinski definition) is 6. The molecule has 168 valence electrons. The van der Waals surface area contributed by atoms with Crippen LogP contribution in [0.2, 0.25) is 0 Å². The number of nitrogens with zero attached hydrogens (tertiary/aromatic N) is 1. The number of amides is 1. The molecule has 7 nitrogen and oxygen atoms in total. The molecule has 3 aromatic rings. The molecule has 0 spiro atoms. The number of hydrogen-bond donors (Lipinski definition) is 0. The molecule has 0 bridgehead atoms. The van der Waals surface area contributed by atoms with Gasteiger partial charge in [0.25, 0.3) is 15.9 Å². The molecule has 0 fully saturated rings. The molecule has 3 aromatic carbocycles. The Morgan fingerprint density at radius 2 is 1.31 bits per heavy atom. The van der Waals surface area contributed by atoms with Crippen molar-refractivity contribution >= 4 is 21.6 Å². The van der Waals surface area contributed by atoms with Gasteiger partial charge in [0.15, 0.2) is 18.1 Å². The van der Waals surface area contributed by atoms with Crippen LogP contribution in [0.1, 0.15) is 13.8 Å². The smallest absolute Gasteiger partial charge is 0.278 e. The largest absolute Gasteiger partial charge is 0.494 e. The number of ether oxygens (including phenoxy) is 3. The van der Waals surface area contributed by atoms with Gasteiger partial charge in [-0.2, -0.15) is 4.31 Å². The lowest BCUT2D eigenvalue weighted by Crippen LogP contribution is -2.40. The monoisotopic (exact) mass is 455 g/mol. The molecule has 0 saturated carbocycles. The van der Waals surface area contributed by atoms with Crippen molar-refractivity contribution in [3.8, 4) is 17.2 Å². The van der Waals surface area contributed by atoms with Gasteiger partial charge in [0.2, 0.25) is 0 Å². The molecule has 0 radical (unpaired) electrons. The molecule has 1 amide bonds. The van der Waals surface area contributed by atoms with E-state index in [2.05, 4.69) is 0 Å². The molecule has 0 heterocycles. The quantitative estimate of drug-likeness (QED) is 0.454. The fourth-order valence-electron chi connectivity index (χ4n) is 3.00. The van der Waals surface area contributed by atoms with Gasteiger partial charge >= 0.3 is 0 Å². The highest BCUT2D eigenvalue weighted by atomic mass is 32.2. The molecule has 0 aliphatic heterocycles. The van der Waals surface area contributed by atoms with Crippen LogP contribution < -0.4 is 18.5 Å². The van der Waals surface area contributed by atoms with Crippen LogP contribution in [0.15, 0.2) is 83.8 Å². The molecular formula is C24H25NO6S. The predicted octanol–water partition coefficient (Wildman–Crippen LogP) is 4.28. The van der Waals surface area contributed by atoms with Gasteiger partial charge in [-0.15, -0.1) is 0 Å². The van der Waals surface area contributed by atoms with Crippen LogP contribution in [0, 0.1) is 0 Å². The summed E-state index contributed by atoms with van der Waals surface area (Å²) in [6.45, 7) is 4.08. The first-order chi connectivity index (χ1) is 15.5. The Labute approximate surface area is 188 Å². The molecule has 0 N–H and O–H groups in total. The normalized spacial score (nSPS) is 10.9. The van der Waals surface area contributed by atoms with Crippen LogP contribution in [-0.4, -0.2) is 34.1 Å². The maximum absolute atomic E-state index is 13.4. The van der Waals surface area contributed by atoms with E-state index in [4.69, 9.17) is 14.2 Å². The zero-order valence-electron chi connectivity index (χ0n) is 17.9. The second-order valence-electron chi connectivity index (χ2n) is 6.57. The topological polar surface area (TPSA) is 82.1 Å². The van der Waals surface area contributed by atoms with Crippen LogP contribution in [0.3, 0.4) is 0 Å². The Morgan fingerprint density at radius 1 is 0.750 bits per heavy atom. The van der Waals surface area contributed by atoms with E-state index in [1.165, 1.54) is 24.3 Å². The first kappa shape index (κ1) is 23.1. The van der Waals surface area contributed by atoms with Crippen molar-refractivity contribution in [2.45, 2.75) is 18.7 Å². The molecule has 32 heavy (non-hydrogen) atoms. The van der Waals surface area contributed by atoms with Crippen LogP contribution >= 0.6 is 0 Å². The minimum atomic E-state index is -4.17. The standard InChI is InChI=1S/C24H25NO6S/c1-3-29-20-16-14-19(15-17-20)25(32(27,28)21-10-6-5-7-11-21)24(26)18-31-23-13-9-8-12-22(23)30-4-2/h5-17H,3-4,18H2,1-2H3. The molecule has 0 unspecified atom stereocenters. The maximum Gasteiger partial charge on any atom is 0.278 e. The summed E-state index contributed by atoms with van der Waals surface area (Å²) in [4.78, 5) is 13.2. The zero-order valence-corrected chi connectivity index (χ0v) is 18.7. The van der Waals surface area contributed by atoms with Gasteiger partial charge in [0.05, 0.1) is 23.8 Å². The van der Waals surface area contributed by atoms with E-state index in [0.29, 0.717) is 30.5 Å². The second-order valence-corrected chi connectivity index (χ2v) is 8.36.